The summed E-state index contributed by atoms with van der Waals surface area (Å²) in [4.78, 5) is 0. The van der Waals surface area contributed by atoms with E-state index in [9.17, 15) is 0 Å². The highest BCUT2D eigenvalue weighted by atomic mass is 16.3. The van der Waals surface area contributed by atoms with Crippen LogP contribution in [0.1, 0.15) is 25.0 Å². The highest BCUT2D eigenvalue weighted by Crippen LogP contribution is 2.53. The monoisotopic (exact) mass is 1780 g/mol. The van der Waals surface area contributed by atoms with E-state index in [4.69, 9.17) is 8.83 Å². The van der Waals surface area contributed by atoms with E-state index in [1.165, 1.54) is 257 Å². The van der Waals surface area contributed by atoms with E-state index >= 15 is 0 Å². The molecule has 5 heteroatoms. The predicted octanol–water partition coefficient (Wildman–Crippen LogP) is 37.5. The van der Waals surface area contributed by atoms with Gasteiger partial charge in [-0.15, -0.1) is 0 Å². The molecular formula is C135H81N3O2. The van der Waals surface area contributed by atoms with Crippen LogP contribution in [0.2, 0.25) is 0 Å². The van der Waals surface area contributed by atoms with E-state index in [2.05, 4.69) is 458 Å². The Morgan fingerprint density at radius 1 is 0.157 bits per heavy atom. The normalized spacial score (nSPS) is 12.8. The zero-order valence-electron chi connectivity index (χ0n) is 76.5. The topological polar surface area (TPSA) is 39.5 Å². The fourth-order valence-electron chi connectivity index (χ4n) is 24.6. The lowest BCUT2D eigenvalue weighted by Gasteiger charge is -2.22. The Kier molecular flexibility index (Phi) is 16.0. The van der Waals surface area contributed by atoms with E-state index in [1.807, 2.05) is 24.3 Å². The van der Waals surface area contributed by atoms with Crippen molar-refractivity contribution >= 4 is 223 Å². The molecule has 0 unspecified atom stereocenters. The van der Waals surface area contributed by atoms with Gasteiger partial charge in [-0.1, -0.05) is 329 Å². The van der Waals surface area contributed by atoms with Gasteiger partial charge in [-0.3, -0.25) is 0 Å². The summed E-state index contributed by atoms with van der Waals surface area (Å²) in [6.45, 7) is 4.71. The third kappa shape index (κ3) is 11.3. The maximum Gasteiger partial charge on any atom is 0.143 e. The molecule has 5 nitrogen and oxygen atoms in total. The number of aromatic nitrogens is 3. The van der Waals surface area contributed by atoms with Crippen molar-refractivity contribution in [3.05, 3.63) is 466 Å². The predicted molar refractivity (Wildman–Crippen MR) is 593 cm³/mol. The Labute approximate surface area is 802 Å². The average molecular weight is 1780 g/mol. The van der Waals surface area contributed by atoms with Crippen molar-refractivity contribution < 1.29 is 8.83 Å². The maximum atomic E-state index is 6.36. The number of rotatable bonds is 6. The highest BCUT2D eigenvalue weighted by Gasteiger charge is 2.36. The largest absolute Gasteiger partial charge is 0.456 e. The summed E-state index contributed by atoms with van der Waals surface area (Å²) < 4.78 is 19.9. The van der Waals surface area contributed by atoms with Crippen LogP contribution in [-0.4, -0.2) is 13.2 Å². The molecule has 0 radical (unpaired) electrons. The molecule has 0 fully saturated rings. The van der Waals surface area contributed by atoms with Gasteiger partial charge in [-0.25, -0.2) is 0 Å². The van der Waals surface area contributed by atoms with E-state index in [0.717, 1.165) is 55.0 Å². The lowest BCUT2D eigenvalue weighted by molar-refractivity contribution is 0.660. The van der Waals surface area contributed by atoms with Crippen LogP contribution < -0.4 is 0 Å². The molecular weight excluding hydrogens is 1700 g/mol. The number of nitrogens with zero attached hydrogens (tertiary/aromatic N) is 3. The van der Waals surface area contributed by atoms with Gasteiger partial charge in [0.15, 0.2) is 0 Å². The van der Waals surface area contributed by atoms with Crippen molar-refractivity contribution in [1.82, 2.24) is 13.2 Å². The van der Waals surface area contributed by atoms with Crippen molar-refractivity contribution in [2.75, 3.05) is 0 Å². The Morgan fingerprint density at radius 3 is 0.793 bits per heavy atom. The minimum atomic E-state index is -0.00786. The summed E-state index contributed by atoms with van der Waals surface area (Å²) in [7, 11) is 0. The smallest absolute Gasteiger partial charge is 0.143 e. The van der Waals surface area contributed by atoms with Crippen molar-refractivity contribution in [3.63, 3.8) is 0 Å². The molecule has 8 aromatic heterocycles. The van der Waals surface area contributed by atoms with Gasteiger partial charge in [0.2, 0.25) is 0 Å². The Morgan fingerprint density at radius 2 is 0.414 bits per heavy atom. The van der Waals surface area contributed by atoms with Crippen molar-refractivity contribution in [2.24, 2.45) is 0 Å². The van der Waals surface area contributed by atoms with Crippen LogP contribution in [-0.2, 0) is 5.41 Å². The zero-order valence-corrected chi connectivity index (χ0v) is 76.5. The molecule has 0 saturated carbocycles. The molecule has 0 bridgehead atoms. The van der Waals surface area contributed by atoms with Crippen molar-refractivity contribution in [1.29, 1.82) is 0 Å². The van der Waals surface area contributed by atoms with Gasteiger partial charge >= 0.3 is 0 Å². The van der Waals surface area contributed by atoms with Crippen molar-refractivity contribution in [3.8, 4) is 77.9 Å². The average Bonchev–Trinajstić information content (AvgIpc) is 1.54. The zero-order chi connectivity index (χ0) is 91.6. The number of hydrogen-bond acceptors (Lipinski definition) is 2. The highest BCUT2D eigenvalue weighted by molar-refractivity contribution is 6.31. The standard InChI is InChI=1S/C47H31N.2C44H25NO/c1-47(2)42-14-8-7-13-36(42)37-20-19-34(25-43(37)47)28-15-17-29(18-16-28)35-23-40-38-21-30-9-3-5-11-32(30)26-44(38)48-45-27-33-12-6-4-10-31(33)22-39(45)41(24-35)46(40)48;1-3-10-30-24-40-36(20-28(30)8-1)38-22-32(23-39-37-21-29-9-2-4-11-31(29)25-41(37)45(40)43(38)39)26-16-18-27(19-17-26)33-13-7-14-35-34-12-5-6-15-42(34)46-44(33)35;1-3-9-30-24-40-35(19-28(30)7-1)38-22-33(23-39-36-20-29-8-2-4-10-31(29)25-41(36)45(40)44(38)39)27-15-13-26(14-16-27)32-17-18-43-37(21-32)34-11-5-6-12-42(34)46-43/h3-27H,1-2H3;2*1-25H. The molecule has 33 rings (SSSR count). The quantitative estimate of drug-likeness (QED) is 0.166. The van der Waals surface area contributed by atoms with Gasteiger partial charge in [0.25, 0.3) is 0 Å². The van der Waals surface area contributed by atoms with Crippen LogP contribution in [0.5, 0.6) is 0 Å². The van der Waals surface area contributed by atoms with Gasteiger partial charge in [-0.2, -0.15) is 0 Å². The first-order valence-corrected chi connectivity index (χ1v) is 48.6. The lowest BCUT2D eigenvalue weighted by Crippen LogP contribution is -2.14. The molecule has 0 amide bonds. The third-order valence-corrected chi connectivity index (χ3v) is 31.4. The molecule has 140 heavy (non-hydrogen) atoms. The molecule has 24 aromatic carbocycles. The fourth-order valence-corrected chi connectivity index (χ4v) is 24.6. The minimum Gasteiger partial charge on any atom is -0.456 e. The fraction of sp³-hybridized carbons (Fsp3) is 0.0222. The summed E-state index contributed by atoms with van der Waals surface area (Å²) in [5.41, 5.74) is 35.3. The second kappa shape index (κ2) is 29.0. The van der Waals surface area contributed by atoms with E-state index in [-0.39, 0.29) is 5.41 Å². The van der Waals surface area contributed by atoms with Crippen LogP contribution >= 0.6 is 0 Å². The second-order valence-corrected chi connectivity index (χ2v) is 39.3. The summed E-state index contributed by atoms with van der Waals surface area (Å²) in [5, 5.41) is 35.5. The van der Waals surface area contributed by atoms with Gasteiger partial charge < -0.3 is 22.0 Å². The van der Waals surface area contributed by atoms with Crippen LogP contribution in [0.3, 0.4) is 0 Å². The van der Waals surface area contributed by atoms with Gasteiger partial charge in [-0.05, 0) is 288 Å². The second-order valence-electron chi connectivity index (χ2n) is 39.3. The van der Waals surface area contributed by atoms with Crippen molar-refractivity contribution in [2.45, 2.75) is 19.3 Å². The Hall–Kier alpha value is -18.2. The summed E-state index contributed by atoms with van der Waals surface area (Å²) in [6, 6.07) is 168. The molecule has 0 saturated heterocycles. The van der Waals surface area contributed by atoms with E-state index < -0.39 is 0 Å². The van der Waals surface area contributed by atoms with Gasteiger partial charge in [0, 0.05) is 97.2 Å². The van der Waals surface area contributed by atoms with Gasteiger partial charge in [0.05, 0.1) is 49.7 Å². The number of furan rings is 2. The number of fused-ring (bicyclic) bond motifs is 33. The molecule has 8 heterocycles. The Bertz CT molecular complexity index is 10600. The SMILES string of the molecule is CC1(C)c2ccccc2-c2ccc(-c3ccc(-c4cc5c6cc7ccccc7cc6n6c7cc8ccccc8cc7c(c4)c56)cc3)cc21.c1ccc2cc3c(cc2c1)c1cc(-c2ccc(-c4ccc5oc6ccccc6c5c4)cc2)cc2c4cc5ccccc5cc4n3c12.c1ccc2cc3c(cc2c1)c1cc(-c2ccc(-c4cccc5c4oc4ccccc45)cc2)cc2c4cc5ccccc5cc4n3c12. The van der Waals surface area contributed by atoms with Crippen LogP contribution in [0.4, 0.5) is 0 Å². The Balaban J connectivity index is 0.0000000968. The number of hydrogen-bond donors (Lipinski definition) is 0. The number of para-hydroxylation sites is 3. The van der Waals surface area contributed by atoms with Gasteiger partial charge in [0.1, 0.15) is 22.3 Å². The molecule has 648 valence electrons. The molecule has 0 N–H and O–H groups in total. The molecule has 32 aromatic rings. The summed E-state index contributed by atoms with van der Waals surface area (Å²) >= 11 is 0. The third-order valence-electron chi connectivity index (χ3n) is 31.4. The van der Waals surface area contributed by atoms with E-state index in [0.29, 0.717) is 0 Å². The summed E-state index contributed by atoms with van der Waals surface area (Å²) in [5.74, 6) is 0. The maximum absolute atomic E-state index is 6.36. The summed E-state index contributed by atoms with van der Waals surface area (Å²) in [6.07, 6.45) is 0. The lowest BCUT2D eigenvalue weighted by atomic mass is 9.81. The molecule has 1 aliphatic carbocycles. The molecule has 1 aliphatic rings. The first-order chi connectivity index (χ1) is 69.1. The molecule has 0 atom stereocenters. The van der Waals surface area contributed by atoms with Crippen LogP contribution in [0.15, 0.2) is 464 Å². The molecule has 0 spiro atoms. The van der Waals surface area contributed by atoms with Crippen LogP contribution in [0, 0.1) is 0 Å². The first-order valence-electron chi connectivity index (χ1n) is 48.6. The van der Waals surface area contributed by atoms with E-state index in [1.54, 1.807) is 0 Å². The first kappa shape index (κ1) is 77.2. The number of benzene rings is 24. The molecule has 0 aliphatic heterocycles. The minimum absolute atomic E-state index is 0.00786. The van der Waals surface area contributed by atoms with Crippen LogP contribution in [0.25, 0.3) is 301 Å².